The highest BCUT2D eigenvalue weighted by Crippen LogP contribution is 2.13. The summed E-state index contributed by atoms with van der Waals surface area (Å²) < 4.78 is 25.2. The van der Waals surface area contributed by atoms with Crippen LogP contribution in [0.25, 0.3) is 0 Å². The molecule has 0 spiro atoms. The van der Waals surface area contributed by atoms with E-state index in [1.807, 2.05) is 23.6 Å². The fourth-order valence-electron chi connectivity index (χ4n) is 1.44. The van der Waals surface area contributed by atoms with Crippen molar-refractivity contribution in [3.8, 4) is 6.07 Å². The van der Waals surface area contributed by atoms with Crippen molar-refractivity contribution in [2.45, 2.75) is 25.0 Å². The fourth-order valence-corrected chi connectivity index (χ4v) is 3.47. The lowest BCUT2D eigenvalue weighted by Crippen LogP contribution is -2.36. The van der Waals surface area contributed by atoms with Crippen LogP contribution in [0, 0.1) is 11.3 Å². The van der Waals surface area contributed by atoms with Crippen LogP contribution >= 0.6 is 11.3 Å². The molecule has 0 aliphatic carbocycles. The number of thiophene rings is 1. The molecule has 0 bridgehead atoms. The molecule has 1 aromatic rings. The molecule has 0 aromatic carbocycles. The Hall–Kier alpha value is -0.900. The molecule has 0 aliphatic rings. The van der Waals surface area contributed by atoms with Gasteiger partial charge in [0.05, 0.1) is 6.07 Å². The third-order valence-electron chi connectivity index (χ3n) is 2.56. The van der Waals surface area contributed by atoms with Crippen LogP contribution in [0.3, 0.4) is 0 Å². The number of hydrogen-bond acceptors (Lipinski definition) is 4. The van der Waals surface area contributed by atoms with E-state index in [-0.39, 0.29) is 0 Å². The fraction of sp³-hybridized carbons (Fsp3) is 0.545. The highest BCUT2D eigenvalue weighted by atomic mass is 32.2. The van der Waals surface area contributed by atoms with Crippen molar-refractivity contribution in [1.29, 1.82) is 5.26 Å². The molecular weight excluding hydrogens is 256 g/mol. The first-order valence-electron chi connectivity index (χ1n) is 5.39. The van der Waals surface area contributed by atoms with Crippen LogP contribution in [0.1, 0.15) is 18.2 Å². The summed E-state index contributed by atoms with van der Waals surface area (Å²) in [5, 5.41) is 9.84. The molecule has 0 amide bonds. The van der Waals surface area contributed by atoms with Gasteiger partial charge in [-0.15, -0.1) is 11.3 Å². The van der Waals surface area contributed by atoms with E-state index < -0.39 is 15.3 Å². The maximum atomic E-state index is 12.0. The number of hydrogen-bond donors (Lipinski definition) is 0. The predicted molar refractivity (Wildman–Crippen MR) is 69.3 cm³/mol. The minimum absolute atomic E-state index is 0.322. The van der Waals surface area contributed by atoms with Gasteiger partial charge >= 0.3 is 0 Å². The zero-order valence-electron chi connectivity index (χ0n) is 9.96. The van der Waals surface area contributed by atoms with Gasteiger partial charge in [0.15, 0.2) is 5.25 Å². The van der Waals surface area contributed by atoms with Crippen molar-refractivity contribution >= 4 is 21.4 Å². The molecule has 6 heteroatoms. The summed E-state index contributed by atoms with van der Waals surface area (Å²) in [6, 6.07) is 5.76. The molecule has 0 saturated carbocycles. The summed E-state index contributed by atoms with van der Waals surface area (Å²) in [5.74, 6) is 0. The molecule has 17 heavy (non-hydrogen) atoms. The van der Waals surface area contributed by atoms with Crippen molar-refractivity contribution in [3.05, 3.63) is 22.4 Å². The van der Waals surface area contributed by atoms with E-state index in [1.54, 1.807) is 18.3 Å². The first-order chi connectivity index (χ1) is 8.02. The zero-order chi connectivity index (χ0) is 12.9. The Kier molecular flexibility index (Phi) is 5.12. The molecule has 1 atom stereocenters. The van der Waals surface area contributed by atoms with E-state index in [0.717, 1.165) is 4.88 Å². The van der Waals surface area contributed by atoms with Crippen LogP contribution in [0.5, 0.6) is 0 Å². The lowest BCUT2D eigenvalue weighted by atomic mass is 10.3. The summed E-state index contributed by atoms with van der Waals surface area (Å²) in [6.07, 6.45) is 1.01. The number of nitrogens with zero attached hydrogens (tertiary/aromatic N) is 2. The second-order valence-corrected chi connectivity index (χ2v) is 6.98. The summed E-state index contributed by atoms with van der Waals surface area (Å²) >= 11 is 1.61. The second-order valence-electron chi connectivity index (χ2n) is 3.72. The summed E-state index contributed by atoms with van der Waals surface area (Å²) in [5.41, 5.74) is 0. The number of likely N-dealkylation sites (N-methyl/N-ethyl adjacent to an activating group) is 1. The molecular formula is C11H16N2O2S2. The normalized spacial score (nSPS) is 13.5. The number of nitriles is 1. The van der Waals surface area contributed by atoms with Gasteiger partial charge < -0.3 is 0 Å². The number of sulfonamides is 1. The third-order valence-corrected chi connectivity index (χ3v) is 5.71. The maximum absolute atomic E-state index is 12.0. The molecule has 0 aliphatic heterocycles. The molecule has 94 valence electrons. The smallest absolute Gasteiger partial charge is 0.211 e. The Balaban J connectivity index is 2.64. The van der Waals surface area contributed by atoms with Crippen LogP contribution in [0.4, 0.5) is 0 Å². The minimum Gasteiger partial charge on any atom is -0.211 e. The first-order valence-corrected chi connectivity index (χ1v) is 7.77. The van der Waals surface area contributed by atoms with Crippen molar-refractivity contribution < 1.29 is 8.42 Å². The summed E-state index contributed by atoms with van der Waals surface area (Å²) in [7, 11) is -1.95. The maximum Gasteiger partial charge on any atom is 0.230 e. The third kappa shape index (κ3) is 3.53. The van der Waals surface area contributed by atoms with Crippen molar-refractivity contribution in [1.82, 2.24) is 4.31 Å². The lowest BCUT2D eigenvalue weighted by molar-refractivity contribution is 0.467. The lowest BCUT2D eigenvalue weighted by Gasteiger charge is -2.19. The standard InChI is InChI=1S/C11H16N2O2S2/c1-3-11(9-12)17(14,15)13(2)7-6-10-5-4-8-16-10/h4-5,8,11H,3,6-7H2,1-2H3. The van der Waals surface area contributed by atoms with Crippen molar-refractivity contribution in [2.24, 2.45) is 0 Å². The van der Waals surface area contributed by atoms with Gasteiger partial charge in [0.1, 0.15) is 0 Å². The molecule has 0 saturated heterocycles. The second kappa shape index (κ2) is 6.15. The molecule has 1 unspecified atom stereocenters. The molecule has 1 heterocycles. The van der Waals surface area contributed by atoms with Crippen molar-refractivity contribution in [2.75, 3.05) is 13.6 Å². The molecule has 1 aromatic heterocycles. The minimum atomic E-state index is -3.48. The van der Waals surface area contributed by atoms with Gasteiger partial charge in [-0.3, -0.25) is 0 Å². The molecule has 0 radical (unpaired) electrons. The van der Waals surface area contributed by atoms with Gasteiger partial charge in [-0.25, -0.2) is 12.7 Å². The van der Waals surface area contributed by atoms with Crippen LogP contribution in [0.2, 0.25) is 0 Å². The van der Waals surface area contributed by atoms with Gasteiger partial charge in [-0.2, -0.15) is 5.26 Å². The highest BCUT2D eigenvalue weighted by Gasteiger charge is 2.27. The first kappa shape index (κ1) is 14.2. The van der Waals surface area contributed by atoms with Crippen LogP contribution < -0.4 is 0 Å². The average molecular weight is 272 g/mol. The van der Waals surface area contributed by atoms with Crippen LogP contribution in [0.15, 0.2) is 17.5 Å². The van der Waals surface area contributed by atoms with E-state index in [4.69, 9.17) is 5.26 Å². The van der Waals surface area contributed by atoms with Gasteiger partial charge in [-0.1, -0.05) is 13.0 Å². The van der Waals surface area contributed by atoms with Crippen molar-refractivity contribution in [3.63, 3.8) is 0 Å². The quantitative estimate of drug-likeness (QED) is 0.794. The van der Waals surface area contributed by atoms with Crippen LogP contribution in [-0.2, 0) is 16.4 Å². The Bertz CT molecular complexity index is 474. The topological polar surface area (TPSA) is 61.2 Å². The van der Waals surface area contributed by atoms with Gasteiger partial charge in [0.2, 0.25) is 10.0 Å². The van der Waals surface area contributed by atoms with Crippen LogP contribution in [-0.4, -0.2) is 31.6 Å². The van der Waals surface area contributed by atoms with Gasteiger partial charge in [0.25, 0.3) is 0 Å². The van der Waals surface area contributed by atoms with Gasteiger partial charge in [-0.05, 0) is 24.3 Å². The average Bonchev–Trinajstić information content (AvgIpc) is 2.79. The largest absolute Gasteiger partial charge is 0.230 e. The van der Waals surface area contributed by atoms with E-state index >= 15 is 0 Å². The van der Waals surface area contributed by atoms with E-state index in [1.165, 1.54) is 11.4 Å². The highest BCUT2D eigenvalue weighted by molar-refractivity contribution is 7.89. The monoisotopic (exact) mass is 272 g/mol. The SMILES string of the molecule is CCC(C#N)S(=O)(=O)N(C)CCc1cccs1. The Morgan fingerprint density at radius 3 is 2.76 bits per heavy atom. The van der Waals surface area contributed by atoms with Gasteiger partial charge in [0, 0.05) is 18.5 Å². The summed E-state index contributed by atoms with van der Waals surface area (Å²) in [4.78, 5) is 1.15. The number of rotatable bonds is 6. The molecule has 1 rings (SSSR count). The molecule has 0 N–H and O–H groups in total. The van der Waals surface area contributed by atoms with E-state index in [9.17, 15) is 8.42 Å². The zero-order valence-corrected chi connectivity index (χ0v) is 11.6. The molecule has 0 fully saturated rings. The summed E-state index contributed by atoms with van der Waals surface area (Å²) in [6.45, 7) is 2.12. The predicted octanol–water partition coefficient (Wildman–Crippen LogP) is 1.85. The van der Waals surface area contributed by atoms with E-state index in [2.05, 4.69) is 0 Å². The van der Waals surface area contributed by atoms with E-state index in [0.29, 0.717) is 19.4 Å². The Labute approximate surface area is 107 Å². The Morgan fingerprint density at radius 1 is 1.59 bits per heavy atom. The Morgan fingerprint density at radius 2 is 2.29 bits per heavy atom. The molecule has 4 nitrogen and oxygen atoms in total.